The smallest absolute Gasteiger partial charge is 0.316 e. The summed E-state index contributed by atoms with van der Waals surface area (Å²) in [6.45, 7) is 15.2. The van der Waals surface area contributed by atoms with Crippen molar-refractivity contribution in [2.45, 2.75) is 136 Å². The molecule has 3 heterocycles. The lowest BCUT2D eigenvalue weighted by Gasteiger charge is -2.47. The Kier molecular flexibility index (Phi) is 15.8. The predicted octanol–water partition coefficient (Wildman–Crippen LogP) is 4.54. The zero-order valence-corrected chi connectivity index (χ0v) is 35.7. The number of benzene rings is 1. The molecular formula is C44H64N2O11. The molecule has 0 aliphatic carbocycles. The maximum Gasteiger partial charge on any atom is 0.316 e. The fourth-order valence-corrected chi connectivity index (χ4v) is 8.55. The molecule has 0 spiro atoms. The van der Waals surface area contributed by atoms with Crippen LogP contribution in [-0.4, -0.2) is 127 Å². The van der Waals surface area contributed by atoms with E-state index in [2.05, 4.69) is 16.8 Å². The summed E-state index contributed by atoms with van der Waals surface area (Å²) < 4.78 is 37.9. The van der Waals surface area contributed by atoms with Crippen LogP contribution in [0.25, 0.3) is 0 Å². The molecular weight excluding hydrogens is 732 g/mol. The Morgan fingerprint density at radius 1 is 1.07 bits per heavy atom. The molecule has 2 N–H and O–H groups in total. The van der Waals surface area contributed by atoms with E-state index in [0.717, 1.165) is 5.56 Å². The molecule has 3 fully saturated rings. The Hall–Kier alpha value is -3.48. The van der Waals surface area contributed by atoms with Gasteiger partial charge in [-0.2, -0.15) is 0 Å². The summed E-state index contributed by atoms with van der Waals surface area (Å²) in [4.78, 5) is 47.5. The van der Waals surface area contributed by atoms with Crippen LogP contribution in [0.4, 0.5) is 0 Å². The molecule has 5 unspecified atom stereocenters. The standard InChI is InChI=1S/C44H64N2O11/c1-13-35-44(9,51)40-27(4)36(45-30(7)47)25(2)22-43(8,54-24-32(23-53-40)16-14-15-31-17-19-33(52-12)20-18-31)39(28(5)37(48)29(6)41(50)56-35)57-42-38(49)34(46(10)11)21-26(3)55-42/h16-20,25-29,34-35,38-40,42,49,51H,13,21-24H2,1-12H3/b32-16-,45-36?/t25?,26-,27?,28+,29-,34+,35+,38?,39?,40?,42+,43-,44-/m1/s1. The van der Waals surface area contributed by atoms with E-state index in [1.54, 1.807) is 34.0 Å². The summed E-state index contributed by atoms with van der Waals surface area (Å²) in [6, 6.07) is 7.02. The van der Waals surface area contributed by atoms with Crippen molar-refractivity contribution in [1.82, 2.24) is 4.90 Å². The van der Waals surface area contributed by atoms with E-state index in [0.29, 0.717) is 23.5 Å². The largest absolute Gasteiger partial charge is 0.497 e. The van der Waals surface area contributed by atoms with E-state index in [4.69, 9.17) is 28.4 Å². The number of cyclic esters (lactones) is 1. The van der Waals surface area contributed by atoms with Gasteiger partial charge in [0.05, 0.1) is 44.2 Å². The third-order valence-electron chi connectivity index (χ3n) is 11.7. The molecule has 57 heavy (non-hydrogen) atoms. The average Bonchev–Trinajstić information content (AvgIpc) is 3.17. The van der Waals surface area contributed by atoms with Crippen LogP contribution < -0.4 is 4.74 Å². The van der Waals surface area contributed by atoms with E-state index < -0.39 is 83.2 Å². The molecule has 13 nitrogen and oxygen atoms in total. The highest BCUT2D eigenvalue weighted by molar-refractivity contribution is 6.00. The number of aliphatic hydroxyl groups is 2. The molecule has 0 radical (unpaired) electrons. The number of rotatable bonds is 5. The number of hydrogen-bond donors (Lipinski definition) is 2. The number of esters is 1. The molecule has 3 saturated heterocycles. The molecule has 0 saturated carbocycles. The van der Waals surface area contributed by atoms with E-state index in [1.807, 2.05) is 71.0 Å². The van der Waals surface area contributed by atoms with Crippen molar-refractivity contribution in [3.8, 4) is 17.6 Å². The number of Topliss-reactive ketones (excluding diaryl/α,β-unsaturated/α-hetero) is 1. The molecule has 4 rings (SSSR count). The van der Waals surface area contributed by atoms with Crippen LogP contribution in [0.3, 0.4) is 0 Å². The minimum absolute atomic E-state index is 0.0310. The molecule has 1 aromatic rings. The van der Waals surface area contributed by atoms with Gasteiger partial charge in [0.2, 0.25) is 5.91 Å². The molecule has 2 bridgehead atoms. The normalized spacial score (nSPS) is 38.7. The maximum absolute atomic E-state index is 14.5. The average molecular weight is 797 g/mol. The van der Waals surface area contributed by atoms with Crippen molar-refractivity contribution in [2.75, 3.05) is 34.4 Å². The van der Waals surface area contributed by atoms with E-state index in [9.17, 15) is 24.6 Å². The summed E-state index contributed by atoms with van der Waals surface area (Å²) in [5, 5.41) is 24.0. The van der Waals surface area contributed by atoms with Gasteiger partial charge in [0, 0.05) is 36.1 Å². The van der Waals surface area contributed by atoms with Gasteiger partial charge in [-0.25, -0.2) is 4.99 Å². The molecule has 3 aliphatic heterocycles. The highest BCUT2D eigenvalue weighted by Gasteiger charge is 2.53. The van der Waals surface area contributed by atoms with E-state index in [-0.39, 0.29) is 38.2 Å². The van der Waals surface area contributed by atoms with Crippen molar-refractivity contribution < 1.29 is 53.0 Å². The topological polar surface area (TPSA) is 163 Å². The van der Waals surface area contributed by atoms with Gasteiger partial charge in [0.25, 0.3) is 0 Å². The first-order valence-electron chi connectivity index (χ1n) is 20.0. The second-order valence-electron chi connectivity index (χ2n) is 16.7. The van der Waals surface area contributed by atoms with Crippen LogP contribution >= 0.6 is 0 Å². The predicted molar refractivity (Wildman–Crippen MR) is 215 cm³/mol. The number of aliphatic imine (C=N–C) groups is 1. The number of nitrogens with zero attached hydrogens (tertiary/aromatic N) is 2. The van der Waals surface area contributed by atoms with Gasteiger partial charge >= 0.3 is 5.97 Å². The van der Waals surface area contributed by atoms with Crippen LogP contribution in [0.1, 0.15) is 87.1 Å². The highest BCUT2D eigenvalue weighted by Crippen LogP contribution is 2.40. The number of ketones is 1. The van der Waals surface area contributed by atoms with Gasteiger partial charge in [-0.1, -0.05) is 39.5 Å². The third kappa shape index (κ3) is 11.0. The minimum atomic E-state index is -1.81. The minimum Gasteiger partial charge on any atom is -0.497 e. The lowest BCUT2D eigenvalue weighted by Crippen LogP contribution is -2.60. The molecule has 316 valence electrons. The number of hydrogen-bond acceptors (Lipinski definition) is 12. The van der Waals surface area contributed by atoms with Crippen molar-refractivity contribution in [2.24, 2.45) is 28.7 Å². The Morgan fingerprint density at radius 2 is 1.74 bits per heavy atom. The van der Waals surface area contributed by atoms with Gasteiger partial charge < -0.3 is 43.5 Å². The first kappa shape index (κ1) is 46.2. The van der Waals surface area contributed by atoms with E-state index >= 15 is 0 Å². The number of allylic oxidation sites excluding steroid dienone is 1. The van der Waals surface area contributed by atoms with Gasteiger partial charge in [0.15, 0.2) is 12.1 Å². The van der Waals surface area contributed by atoms with Crippen LogP contribution in [-0.2, 0) is 38.1 Å². The molecule has 0 aromatic heterocycles. The number of carbonyl (C=O) groups is 3. The number of carbonyl (C=O) groups excluding carboxylic acids is 3. The number of fused-ring (bicyclic) bond motifs is 5. The summed E-state index contributed by atoms with van der Waals surface area (Å²) in [7, 11) is 5.34. The van der Waals surface area contributed by atoms with Gasteiger partial charge in [0.1, 0.15) is 29.5 Å². The van der Waals surface area contributed by atoms with Crippen LogP contribution in [0.2, 0.25) is 0 Å². The van der Waals surface area contributed by atoms with Gasteiger partial charge in [-0.05, 0) is 103 Å². The zero-order valence-electron chi connectivity index (χ0n) is 35.7. The molecule has 13 heteroatoms. The second kappa shape index (κ2) is 19.5. The monoisotopic (exact) mass is 796 g/mol. The Balaban J connectivity index is 1.97. The second-order valence-corrected chi connectivity index (χ2v) is 16.7. The highest BCUT2D eigenvalue weighted by atomic mass is 16.7. The summed E-state index contributed by atoms with van der Waals surface area (Å²) in [5.74, 6) is 1.82. The number of ether oxygens (including phenoxy) is 6. The summed E-state index contributed by atoms with van der Waals surface area (Å²) in [5.41, 5.74) is -1.35. The van der Waals surface area contributed by atoms with Crippen molar-refractivity contribution in [1.29, 1.82) is 0 Å². The van der Waals surface area contributed by atoms with Crippen molar-refractivity contribution in [3.05, 3.63) is 41.5 Å². The van der Waals surface area contributed by atoms with Gasteiger partial charge in [-0.3, -0.25) is 14.4 Å². The van der Waals surface area contributed by atoms with Gasteiger partial charge in [-0.15, -0.1) is 0 Å². The van der Waals surface area contributed by atoms with Crippen molar-refractivity contribution in [3.63, 3.8) is 0 Å². The first-order valence-corrected chi connectivity index (χ1v) is 20.0. The lowest BCUT2D eigenvalue weighted by atomic mass is 9.73. The number of aliphatic hydroxyl groups excluding tert-OH is 1. The maximum atomic E-state index is 14.5. The third-order valence-corrected chi connectivity index (χ3v) is 11.7. The first-order chi connectivity index (χ1) is 26.7. The fourth-order valence-electron chi connectivity index (χ4n) is 8.55. The molecule has 1 aromatic carbocycles. The quantitative estimate of drug-likeness (QED) is 0.244. The fraction of sp³-hybridized carbons (Fsp3) is 0.682. The zero-order chi connectivity index (χ0) is 42.4. The number of amides is 1. The SMILES string of the molecule is CC[C@@H]1OC(=O)[C@H](C)C(=O)[C@H](C)C(O[C@@H]2O[C@H](C)C[C@H](N(C)C)C2O)[C@@]2(C)CC(C)C(=NC(C)=O)C(C)C(OC/C(=C/C#Cc3ccc(OC)cc3)CO2)[C@]1(C)O. The van der Waals surface area contributed by atoms with E-state index in [1.165, 1.54) is 13.8 Å². The Labute approximate surface area is 338 Å². The Morgan fingerprint density at radius 3 is 2.33 bits per heavy atom. The summed E-state index contributed by atoms with van der Waals surface area (Å²) >= 11 is 0. The van der Waals surface area contributed by atoms with Crippen molar-refractivity contribution >= 4 is 23.4 Å². The van der Waals surface area contributed by atoms with Crippen LogP contribution in [0.15, 0.2) is 40.9 Å². The lowest BCUT2D eigenvalue weighted by molar-refractivity contribution is -0.296. The number of methoxy groups -OCH3 is 1. The molecule has 1 amide bonds. The number of likely N-dealkylation sites (N-methyl/N-ethyl adjacent to an activating group) is 1. The molecule has 13 atom stereocenters. The van der Waals surface area contributed by atoms with Crippen LogP contribution in [0.5, 0.6) is 5.75 Å². The Bertz CT molecular complexity index is 1700. The molecule has 3 aliphatic rings. The summed E-state index contributed by atoms with van der Waals surface area (Å²) in [6.07, 6.45) is -3.14. The van der Waals surface area contributed by atoms with Crippen LogP contribution in [0, 0.1) is 35.5 Å².